The molecule has 39 heavy (non-hydrogen) atoms. The van der Waals surface area contributed by atoms with Crippen molar-refractivity contribution < 1.29 is 23.1 Å². The number of urea groups is 1. The summed E-state index contributed by atoms with van der Waals surface area (Å²) in [4.78, 5) is 31.3. The molecule has 2 aromatic carbocycles. The molecular weight excluding hydrogens is 502 g/mol. The van der Waals surface area contributed by atoms with Crippen LogP contribution in [0.25, 0.3) is 0 Å². The molecule has 3 saturated heterocycles. The molecule has 0 radical (unpaired) electrons. The number of halogens is 2. The monoisotopic (exact) mass is 540 g/mol. The topological polar surface area (TPSA) is 65.1 Å². The fourth-order valence-corrected chi connectivity index (χ4v) is 6.13. The number of piperidine rings is 1. The summed E-state index contributed by atoms with van der Waals surface area (Å²) in [5.74, 6) is -1.78. The normalized spacial score (nSPS) is 21.4. The van der Waals surface area contributed by atoms with E-state index in [1.165, 1.54) is 4.90 Å². The molecule has 3 aliphatic heterocycles. The lowest BCUT2D eigenvalue weighted by atomic mass is 9.77. The number of hydrogen-bond acceptors (Lipinski definition) is 4. The number of benzene rings is 2. The van der Waals surface area contributed by atoms with Crippen LogP contribution in [-0.4, -0.2) is 78.9 Å². The third-order valence-corrected chi connectivity index (χ3v) is 8.54. The van der Waals surface area contributed by atoms with E-state index in [0.29, 0.717) is 19.4 Å². The molecule has 3 heterocycles. The summed E-state index contributed by atoms with van der Waals surface area (Å²) in [6.45, 7) is 3.54. The molecule has 2 aromatic rings. The van der Waals surface area contributed by atoms with Gasteiger partial charge in [-0.25, -0.2) is 13.6 Å². The largest absolute Gasteiger partial charge is 0.497 e. The van der Waals surface area contributed by atoms with E-state index in [1.807, 2.05) is 59.5 Å². The number of nitrogens with zero attached hydrogens (tertiary/aromatic N) is 3. The molecule has 1 N–H and O–H groups in total. The zero-order chi connectivity index (χ0) is 27.5. The number of ether oxygens (including phenoxy) is 1. The van der Waals surface area contributed by atoms with Gasteiger partial charge in [-0.15, -0.1) is 0 Å². The second kappa shape index (κ2) is 11.5. The number of carbonyl (C=O) groups excluding carboxylic acids is 2. The SMILES string of the molecule is COc1ccc(CN2CC3(CCN(CC[C@H](NC(=O)N4CCC(F)(F)C4)c4ccccc4)CC3)CC2=O)cc1. The Balaban J connectivity index is 1.13. The maximum Gasteiger partial charge on any atom is 0.318 e. The van der Waals surface area contributed by atoms with Crippen molar-refractivity contribution in [3.63, 3.8) is 0 Å². The van der Waals surface area contributed by atoms with Crippen molar-refractivity contribution in [2.45, 2.75) is 50.6 Å². The van der Waals surface area contributed by atoms with Crippen LogP contribution in [-0.2, 0) is 11.3 Å². The molecule has 210 valence electrons. The summed E-state index contributed by atoms with van der Waals surface area (Å²) in [6.07, 6.45) is 2.92. The highest BCUT2D eigenvalue weighted by atomic mass is 19.3. The summed E-state index contributed by atoms with van der Waals surface area (Å²) < 4.78 is 32.6. The Morgan fingerprint density at radius 3 is 2.36 bits per heavy atom. The number of nitrogens with one attached hydrogen (secondary N) is 1. The summed E-state index contributed by atoms with van der Waals surface area (Å²) in [5, 5.41) is 3.01. The smallest absolute Gasteiger partial charge is 0.318 e. The zero-order valence-electron chi connectivity index (χ0n) is 22.6. The predicted octanol–water partition coefficient (Wildman–Crippen LogP) is 4.69. The quantitative estimate of drug-likeness (QED) is 0.528. The van der Waals surface area contributed by atoms with Gasteiger partial charge in [0.1, 0.15) is 5.75 Å². The van der Waals surface area contributed by atoms with Gasteiger partial charge in [-0.05, 0) is 61.0 Å². The van der Waals surface area contributed by atoms with Crippen LogP contribution in [0.1, 0.15) is 49.3 Å². The Morgan fingerprint density at radius 2 is 1.72 bits per heavy atom. The van der Waals surface area contributed by atoms with Crippen LogP contribution in [0.15, 0.2) is 54.6 Å². The van der Waals surface area contributed by atoms with E-state index in [1.54, 1.807) is 7.11 Å². The number of carbonyl (C=O) groups is 2. The minimum absolute atomic E-state index is 0.0219. The van der Waals surface area contributed by atoms with E-state index >= 15 is 0 Å². The van der Waals surface area contributed by atoms with Crippen LogP contribution in [0.3, 0.4) is 0 Å². The molecule has 0 unspecified atom stereocenters. The first kappa shape index (κ1) is 27.4. The summed E-state index contributed by atoms with van der Waals surface area (Å²) in [7, 11) is 1.64. The van der Waals surface area contributed by atoms with E-state index in [9.17, 15) is 18.4 Å². The summed E-state index contributed by atoms with van der Waals surface area (Å²) in [5.41, 5.74) is 2.10. The van der Waals surface area contributed by atoms with Crippen molar-refractivity contribution >= 4 is 11.9 Å². The fourth-order valence-electron chi connectivity index (χ4n) is 6.13. The van der Waals surface area contributed by atoms with Gasteiger partial charge in [-0.3, -0.25) is 4.79 Å². The van der Waals surface area contributed by atoms with Crippen molar-refractivity contribution in [2.24, 2.45) is 5.41 Å². The molecular formula is C30H38F2N4O3. The molecule has 3 aliphatic rings. The average molecular weight is 541 g/mol. The minimum Gasteiger partial charge on any atom is -0.497 e. The highest BCUT2D eigenvalue weighted by Gasteiger charge is 2.45. The Bertz CT molecular complexity index is 1140. The first-order valence-electron chi connectivity index (χ1n) is 13.9. The van der Waals surface area contributed by atoms with E-state index in [2.05, 4.69) is 10.2 Å². The summed E-state index contributed by atoms with van der Waals surface area (Å²) >= 11 is 0. The van der Waals surface area contributed by atoms with Gasteiger partial charge in [0, 0.05) is 39.0 Å². The molecule has 0 aromatic heterocycles. The Kier molecular flexibility index (Phi) is 8.07. The van der Waals surface area contributed by atoms with Gasteiger partial charge < -0.3 is 24.8 Å². The van der Waals surface area contributed by atoms with Gasteiger partial charge in [0.05, 0.1) is 19.7 Å². The maximum absolute atomic E-state index is 13.7. The first-order chi connectivity index (χ1) is 18.7. The van der Waals surface area contributed by atoms with Crippen molar-refractivity contribution in [3.8, 4) is 5.75 Å². The van der Waals surface area contributed by atoms with Crippen LogP contribution in [0.2, 0.25) is 0 Å². The second-order valence-corrected chi connectivity index (χ2v) is 11.3. The third-order valence-electron chi connectivity index (χ3n) is 8.54. The number of hydrogen-bond donors (Lipinski definition) is 1. The number of likely N-dealkylation sites (tertiary alicyclic amines) is 3. The molecule has 1 spiro atoms. The van der Waals surface area contributed by atoms with E-state index < -0.39 is 18.5 Å². The van der Waals surface area contributed by atoms with E-state index in [-0.39, 0.29) is 30.3 Å². The Labute approximate surface area is 229 Å². The third kappa shape index (κ3) is 6.69. The predicted molar refractivity (Wildman–Crippen MR) is 145 cm³/mol. The van der Waals surface area contributed by atoms with E-state index in [0.717, 1.165) is 55.9 Å². The van der Waals surface area contributed by atoms with Crippen LogP contribution >= 0.6 is 0 Å². The number of methoxy groups -OCH3 is 1. The van der Waals surface area contributed by atoms with Gasteiger partial charge in [-0.1, -0.05) is 42.5 Å². The maximum atomic E-state index is 13.7. The van der Waals surface area contributed by atoms with Crippen LogP contribution < -0.4 is 10.1 Å². The molecule has 0 aliphatic carbocycles. The van der Waals surface area contributed by atoms with Gasteiger partial charge in [-0.2, -0.15) is 0 Å². The standard InChI is InChI=1S/C30H38F2N4O3/c1-39-25-9-7-23(8-10-25)20-36-21-29(19-27(36)37)12-16-34(17-13-29)15-11-26(24-5-3-2-4-6-24)33-28(38)35-18-14-30(31,32)22-35/h2-10,26H,11-22H2,1H3,(H,33,38)/t26-/m0/s1. The highest BCUT2D eigenvalue weighted by Crippen LogP contribution is 2.41. The van der Waals surface area contributed by atoms with Gasteiger partial charge in [0.15, 0.2) is 0 Å². The molecule has 3 amide bonds. The van der Waals surface area contributed by atoms with Crippen LogP contribution in [0.5, 0.6) is 5.75 Å². The van der Waals surface area contributed by atoms with Crippen molar-refractivity contribution in [1.82, 2.24) is 20.0 Å². The summed E-state index contributed by atoms with van der Waals surface area (Å²) in [6, 6.07) is 16.9. The van der Waals surface area contributed by atoms with Gasteiger partial charge in [0.25, 0.3) is 5.92 Å². The molecule has 1 atom stereocenters. The van der Waals surface area contributed by atoms with Crippen LogP contribution in [0.4, 0.5) is 13.6 Å². The lowest BCUT2D eigenvalue weighted by Crippen LogP contribution is -2.44. The van der Waals surface area contributed by atoms with Crippen LogP contribution in [0, 0.1) is 5.41 Å². The van der Waals surface area contributed by atoms with Gasteiger partial charge in [0.2, 0.25) is 5.91 Å². The van der Waals surface area contributed by atoms with Crippen molar-refractivity contribution in [1.29, 1.82) is 0 Å². The zero-order valence-corrected chi connectivity index (χ0v) is 22.6. The van der Waals surface area contributed by atoms with E-state index in [4.69, 9.17) is 4.74 Å². The lowest BCUT2D eigenvalue weighted by Gasteiger charge is -2.39. The average Bonchev–Trinajstić information content (AvgIpc) is 3.46. The molecule has 3 fully saturated rings. The Morgan fingerprint density at radius 1 is 1.00 bits per heavy atom. The fraction of sp³-hybridized carbons (Fsp3) is 0.533. The number of amides is 3. The molecule has 0 bridgehead atoms. The van der Waals surface area contributed by atoms with Crippen molar-refractivity contribution in [2.75, 3.05) is 46.4 Å². The molecule has 9 heteroatoms. The second-order valence-electron chi connectivity index (χ2n) is 11.3. The highest BCUT2D eigenvalue weighted by molar-refractivity contribution is 5.79. The first-order valence-corrected chi connectivity index (χ1v) is 13.9. The number of rotatable bonds is 8. The Hall–Kier alpha value is -3.20. The minimum atomic E-state index is -2.81. The van der Waals surface area contributed by atoms with Crippen molar-refractivity contribution in [3.05, 3.63) is 65.7 Å². The number of alkyl halides is 2. The molecule has 0 saturated carbocycles. The van der Waals surface area contributed by atoms with Gasteiger partial charge >= 0.3 is 6.03 Å². The molecule has 7 nitrogen and oxygen atoms in total. The lowest BCUT2D eigenvalue weighted by molar-refractivity contribution is -0.128. The molecule has 5 rings (SSSR count).